The van der Waals surface area contributed by atoms with E-state index in [0.29, 0.717) is 5.82 Å². The standard InChI is InChI=1S/C12H12N4O2/c1-12(2)11(18)15-10(17)7-16(12)9-5-3-4-8(6-13)14-9/h3-5H,7H2,1-2H3,(H,15,17,18). The third-order valence-electron chi connectivity index (χ3n) is 2.91. The normalized spacial score (nSPS) is 18.2. The molecule has 6 heteroatoms. The van der Waals surface area contributed by atoms with Crippen molar-refractivity contribution >= 4 is 17.6 Å². The van der Waals surface area contributed by atoms with Crippen molar-refractivity contribution in [2.45, 2.75) is 19.4 Å². The first kappa shape index (κ1) is 12.0. The van der Waals surface area contributed by atoms with Gasteiger partial charge in [-0.2, -0.15) is 5.26 Å². The molecule has 2 rings (SSSR count). The minimum absolute atomic E-state index is 0.0423. The third kappa shape index (κ3) is 1.91. The topological polar surface area (TPSA) is 86.1 Å². The highest BCUT2D eigenvalue weighted by atomic mass is 16.2. The molecule has 0 bridgehead atoms. The van der Waals surface area contributed by atoms with E-state index in [1.54, 1.807) is 36.9 Å². The predicted octanol–water partition coefficient (Wildman–Crippen LogP) is 0.195. The number of carbonyl (C=O) groups excluding carboxylic acids is 2. The molecular weight excluding hydrogens is 232 g/mol. The van der Waals surface area contributed by atoms with Gasteiger partial charge in [0.05, 0.1) is 6.54 Å². The van der Waals surface area contributed by atoms with Gasteiger partial charge in [-0.15, -0.1) is 0 Å². The summed E-state index contributed by atoms with van der Waals surface area (Å²) in [5.41, 5.74) is -0.628. The lowest BCUT2D eigenvalue weighted by Crippen LogP contribution is -2.64. The SMILES string of the molecule is CC1(C)C(=O)NC(=O)CN1c1cccc(C#N)n1. The van der Waals surface area contributed by atoms with Gasteiger partial charge in [0.2, 0.25) is 5.91 Å². The molecule has 1 aromatic heterocycles. The Morgan fingerprint density at radius 3 is 2.83 bits per heavy atom. The molecule has 0 unspecified atom stereocenters. The predicted molar refractivity (Wildman–Crippen MR) is 63.5 cm³/mol. The Morgan fingerprint density at radius 2 is 2.17 bits per heavy atom. The van der Waals surface area contributed by atoms with E-state index in [0.717, 1.165) is 0 Å². The van der Waals surface area contributed by atoms with Gasteiger partial charge in [0.25, 0.3) is 5.91 Å². The van der Waals surface area contributed by atoms with E-state index in [-0.39, 0.29) is 24.1 Å². The van der Waals surface area contributed by atoms with Crippen LogP contribution in [-0.2, 0) is 9.59 Å². The summed E-state index contributed by atoms with van der Waals surface area (Å²) < 4.78 is 0. The number of imide groups is 1. The lowest BCUT2D eigenvalue weighted by Gasteiger charge is -2.40. The van der Waals surface area contributed by atoms with Gasteiger partial charge in [-0.3, -0.25) is 14.9 Å². The van der Waals surface area contributed by atoms with Crippen molar-refractivity contribution in [2.24, 2.45) is 0 Å². The molecule has 1 fully saturated rings. The Hall–Kier alpha value is -2.42. The highest BCUT2D eigenvalue weighted by molar-refractivity contribution is 6.06. The first-order chi connectivity index (χ1) is 8.45. The average Bonchev–Trinajstić information content (AvgIpc) is 2.34. The van der Waals surface area contributed by atoms with Gasteiger partial charge >= 0.3 is 0 Å². The molecule has 0 spiro atoms. The van der Waals surface area contributed by atoms with Crippen LogP contribution in [0.15, 0.2) is 18.2 Å². The number of hydrogen-bond acceptors (Lipinski definition) is 5. The summed E-state index contributed by atoms with van der Waals surface area (Å²) in [4.78, 5) is 28.9. The lowest BCUT2D eigenvalue weighted by molar-refractivity contribution is -0.135. The molecule has 2 heterocycles. The lowest BCUT2D eigenvalue weighted by atomic mass is 9.98. The van der Waals surface area contributed by atoms with Crippen LogP contribution in [0.25, 0.3) is 0 Å². The summed E-state index contributed by atoms with van der Waals surface area (Å²) in [6.07, 6.45) is 0. The van der Waals surface area contributed by atoms with E-state index < -0.39 is 5.54 Å². The minimum atomic E-state index is -0.880. The van der Waals surface area contributed by atoms with Gasteiger partial charge in [-0.05, 0) is 26.0 Å². The fourth-order valence-electron chi connectivity index (χ4n) is 1.79. The van der Waals surface area contributed by atoms with Gasteiger partial charge in [0.15, 0.2) is 0 Å². The molecule has 92 valence electrons. The number of nitrogens with zero attached hydrogens (tertiary/aromatic N) is 3. The molecule has 6 nitrogen and oxygen atoms in total. The summed E-state index contributed by atoms with van der Waals surface area (Å²) in [7, 11) is 0. The van der Waals surface area contributed by atoms with Crippen molar-refractivity contribution in [3.05, 3.63) is 23.9 Å². The Labute approximate surface area is 104 Å². The highest BCUT2D eigenvalue weighted by Gasteiger charge is 2.41. The Kier molecular flexibility index (Phi) is 2.75. The van der Waals surface area contributed by atoms with Crippen LogP contribution in [0.4, 0.5) is 5.82 Å². The maximum atomic E-state index is 11.8. The Morgan fingerprint density at radius 1 is 1.44 bits per heavy atom. The zero-order valence-electron chi connectivity index (χ0n) is 10.1. The highest BCUT2D eigenvalue weighted by Crippen LogP contribution is 2.24. The summed E-state index contributed by atoms with van der Waals surface area (Å²) in [5.74, 6) is -0.298. The first-order valence-electron chi connectivity index (χ1n) is 5.44. The van der Waals surface area contributed by atoms with Gasteiger partial charge in [-0.25, -0.2) is 4.98 Å². The van der Waals surface area contributed by atoms with Crippen LogP contribution in [0.1, 0.15) is 19.5 Å². The van der Waals surface area contributed by atoms with Crippen molar-refractivity contribution in [3.8, 4) is 6.07 Å². The zero-order chi connectivity index (χ0) is 13.3. The van der Waals surface area contributed by atoms with Gasteiger partial charge < -0.3 is 4.90 Å². The van der Waals surface area contributed by atoms with Crippen molar-refractivity contribution < 1.29 is 9.59 Å². The van der Waals surface area contributed by atoms with Crippen LogP contribution in [-0.4, -0.2) is 28.9 Å². The molecule has 1 N–H and O–H groups in total. The molecule has 0 atom stereocenters. The molecule has 1 aliphatic heterocycles. The first-order valence-corrected chi connectivity index (χ1v) is 5.44. The van der Waals surface area contributed by atoms with E-state index in [2.05, 4.69) is 10.3 Å². The molecule has 1 aliphatic rings. The van der Waals surface area contributed by atoms with E-state index >= 15 is 0 Å². The Balaban J connectivity index is 2.44. The zero-order valence-corrected chi connectivity index (χ0v) is 10.1. The molecule has 18 heavy (non-hydrogen) atoms. The fraction of sp³-hybridized carbons (Fsp3) is 0.333. The maximum absolute atomic E-state index is 11.8. The van der Waals surface area contributed by atoms with Crippen molar-refractivity contribution in [3.63, 3.8) is 0 Å². The number of anilines is 1. The number of piperazine rings is 1. The van der Waals surface area contributed by atoms with Crippen LogP contribution in [0.2, 0.25) is 0 Å². The maximum Gasteiger partial charge on any atom is 0.251 e. The molecule has 0 saturated carbocycles. The smallest absolute Gasteiger partial charge is 0.251 e. The molecule has 1 aromatic rings. The number of pyridine rings is 1. The van der Waals surface area contributed by atoms with E-state index in [9.17, 15) is 9.59 Å². The Bertz CT molecular complexity index is 559. The molecule has 0 radical (unpaired) electrons. The van der Waals surface area contributed by atoms with Crippen molar-refractivity contribution in [2.75, 3.05) is 11.4 Å². The van der Waals surface area contributed by atoms with Crippen LogP contribution in [0.5, 0.6) is 0 Å². The van der Waals surface area contributed by atoms with Gasteiger partial charge in [0.1, 0.15) is 23.1 Å². The monoisotopic (exact) mass is 244 g/mol. The third-order valence-corrected chi connectivity index (χ3v) is 2.91. The van der Waals surface area contributed by atoms with Gasteiger partial charge in [-0.1, -0.05) is 6.07 Å². The van der Waals surface area contributed by atoms with Crippen molar-refractivity contribution in [1.82, 2.24) is 10.3 Å². The largest absolute Gasteiger partial charge is 0.333 e. The number of amides is 2. The number of hydrogen-bond donors (Lipinski definition) is 1. The second-order valence-electron chi connectivity index (χ2n) is 4.52. The summed E-state index contributed by atoms with van der Waals surface area (Å²) >= 11 is 0. The second kappa shape index (κ2) is 4.11. The molecule has 1 saturated heterocycles. The molecule has 2 amide bonds. The number of aromatic nitrogens is 1. The van der Waals surface area contributed by atoms with Crippen molar-refractivity contribution in [1.29, 1.82) is 5.26 Å². The summed E-state index contributed by atoms with van der Waals surface area (Å²) in [5, 5.41) is 11.1. The molecular formula is C12H12N4O2. The van der Waals surface area contributed by atoms with E-state index in [4.69, 9.17) is 5.26 Å². The molecule has 0 aromatic carbocycles. The number of carbonyl (C=O) groups is 2. The van der Waals surface area contributed by atoms with Crippen LogP contribution < -0.4 is 10.2 Å². The summed E-state index contributed by atoms with van der Waals surface area (Å²) in [6.45, 7) is 3.45. The van der Waals surface area contributed by atoms with Gasteiger partial charge in [0, 0.05) is 0 Å². The minimum Gasteiger partial charge on any atom is -0.333 e. The summed E-state index contributed by atoms with van der Waals surface area (Å²) in [6, 6.07) is 6.85. The van der Waals surface area contributed by atoms with Crippen LogP contribution in [0, 0.1) is 11.3 Å². The molecule has 0 aliphatic carbocycles. The number of nitrogens with one attached hydrogen (secondary N) is 1. The number of rotatable bonds is 1. The van der Waals surface area contributed by atoms with E-state index in [1.165, 1.54) is 0 Å². The fourth-order valence-corrected chi connectivity index (χ4v) is 1.79. The van der Waals surface area contributed by atoms with Crippen LogP contribution in [0.3, 0.4) is 0 Å². The number of nitriles is 1. The van der Waals surface area contributed by atoms with E-state index in [1.807, 2.05) is 6.07 Å². The quantitative estimate of drug-likeness (QED) is 0.713. The van der Waals surface area contributed by atoms with Crippen LogP contribution >= 0.6 is 0 Å². The average molecular weight is 244 g/mol. The second-order valence-corrected chi connectivity index (χ2v) is 4.52.